The van der Waals surface area contributed by atoms with Crippen LogP contribution < -0.4 is 0 Å². The van der Waals surface area contributed by atoms with E-state index in [-0.39, 0.29) is 17.7 Å². The third-order valence-corrected chi connectivity index (χ3v) is 5.06. The molecule has 7 nitrogen and oxygen atoms in total. The van der Waals surface area contributed by atoms with Gasteiger partial charge in [0.05, 0.1) is 0 Å². The monoisotopic (exact) mass is 386 g/mol. The van der Waals surface area contributed by atoms with Crippen LogP contribution in [0.15, 0.2) is 57.5 Å². The summed E-state index contributed by atoms with van der Waals surface area (Å²) >= 11 is 0. The van der Waals surface area contributed by atoms with E-state index in [2.05, 4.69) is 4.98 Å². The molecule has 0 atom stereocenters. The Morgan fingerprint density at radius 3 is 2.55 bits per heavy atom. The van der Waals surface area contributed by atoms with Crippen molar-refractivity contribution in [1.29, 1.82) is 5.26 Å². The fourth-order valence-electron chi connectivity index (χ4n) is 3.47. The van der Waals surface area contributed by atoms with Gasteiger partial charge in [0.15, 0.2) is 0 Å². The van der Waals surface area contributed by atoms with Gasteiger partial charge in [-0.3, -0.25) is 14.5 Å². The first kappa shape index (κ1) is 18.4. The lowest BCUT2D eigenvalue weighted by molar-refractivity contribution is -0.140. The number of hydrogen-bond donors (Lipinski definition) is 0. The van der Waals surface area contributed by atoms with Gasteiger partial charge in [0.2, 0.25) is 5.71 Å². The number of nitrogens with zero attached hydrogens (tertiary/aromatic N) is 4. The van der Waals surface area contributed by atoms with Crippen LogP contribution in [0.5, 0.6) is 0 Å². The van der Waals surface area contributed by atoms with Crippen molar-refractivity contribution in [1.82, 2.24) is 14.5 Å². The largest absolute Gasteiger partial charge is 0.437 e. The van der Waals surface area contributed by atoms with Crippen molar-refractivity contribution in [2.24, 2.45) is 7.05 Å². The van der Waals surface area contributed by atoms with Crippen LogP contribution in [-0.4, -0.2) is 32.8 Å². The Balaban J connectivity index is 1.80. The molecule has 1 aliphatic heterocycles. The third-order valence-electron chi connectivity index (χ3n) is 5.06. The van der Waals surface area contributed by atoms with Crippen molar-refractivity contribution in [2.45, 2.75) is 13.8 Å². The molecule has 0 spiro atoms. The van der Waals surface area contributed by atoms with Gasteiger partial charge in [-0.25, -0.2) is 0 Å². The summed E-state index contributed by atoms with van der Waals surface area (Å²) in [7, 11) is 1.90. The van der Waals surface area contributed by atoms with Crippen LogP contribution in [0.25, 0.3) is 28.7 Å². The molecule has 2 amide bonds. The van der Waals surface area contributed by atoms with E-state index in [0.29, 0.717) is 17.0 Å². The molecular formula is C22H18N4O3. The number of carbonyl (C=O) groups is 2. The second-order valence-corrected chi connectivity index (χ2v) is 6.72. The zero-order valence-electron chi connectivity index (χ0n) is 16.3. The summed E-state index contributed by atoms with van der Waals surface area (Å²) in [6, 6.07) is 13.5. The number of aromatic nitrogens is 2. The zero-order chi connectivity index (χ0) is 20.7. The van der Waals surface area contributed by atoms with Gasteiger partial charge in [0.25, 0.3) is 11.8 Å². The molecule has 0 N–H and O–H groups in total. The minimum atomic E-state index is -0.562. The number of likely N-dealkylation sites (N-methyl/N-ethyl adjacent to an activating group) is 1. The fraction of sp³-hybridized carbons (Fsp3) is 0.182. The number of imide groups is 1. The molecule has 3 heterocycles. The molecule has 1 aromatic carbocycles. The number of benzene rings is 1. The Morgan fingerprint density at radius 2 is 1.93 bits per heavy atom. The van der Waals surface area contributed by atoms with Gasteiger partial charge in [-0.2, -0.15) is 10.2 Å². The summed E-state index contributed by atoms with van der Waals surface area (Å²) in [6.07, 6.45) is 1.56. The van der Waals surface area contributed by atoms with Gasteiger partial charge < -0.3 is 8.98 Å². The van der Waals surface area contributed by atoms with E-state index >= 15 is 0 Å². The van der Waals surface area contributed by atoms with Gasteiger partial charge in [-0.05, 0) is 25.5 Å². The predicted octanol–water partition coefficient (Wildman–Crippen LogP) is 3.45. The highest BCUT2D eigenvalue weighted by molar-refractivity contribution is 6.19. The SMILES string of the molecule is CCN1C(=O)C(C#N)=C(C)/C(=C/c2cc3c(nc(-c4ccccc4)n3C)o2)C1=O. The smallest absolute Gasteiger partial charge is 0.271 e. The van der Waals surface area contributed by atoms with Crippen LogP contribution in [-0.2, 0) is 16.6 Å². The highest BCUT2D eigenvalue weighted by atomic mass is 16.3. The van der Waals surface area contributed by atoms with Crippen molar-refractivity contribution >= 4 is 29.1 Å². The minimum absolute atomic E-state index is 0.0294. The lowest BCUT2D eigenvalue weighted by Crippen LogP contribution is -2.42. The standard InChI is InChI=1S/C22H18N4O3/c1-4-26-21(27)16(13(2)17(12-23)22(26)28)10-15-11-18-20(29-15)24-19(25(18)3)14-8-6-5-7-9-14/h5-11H,4H2,1-3H3/b16-10-. The third kappa shape index (κ3) is 2.86. The number of amides is 2. The number of carbonyl (C=O) groups excluding carboxylic acids is 2. The Morgan fingerprint density at radius 1 is 1.21 bits per heavy atom. The Kier molecular flexibility index (Phi) is 4.40. The number of fused-ring (bicyclic) bond motifs is 1. The lowest BCUT2D eigenvalue weighted by atomic mass is 9.95. The average Bonchev–Trinajstić information content (AvgIpc) is 3.25. The number of furan rings is 1. The van der Waals surface area contributed by atoms with Crippen LogP contribution in [0.1, 0.15) is 19.6 Å². The van der Waals surface area contributed by atoms with Gasteiger partial charge >= 0.3 is 0 Å². The molecule has 7 heteroatoms. The summed E-state index contributed by atoms with van der Waals surface area (Å²) < 4.78 is 7.77. The molecule has 0 bridgehead atoms. The van der Waals surface area contributed by atoms with E-state index in [1.807, 2.05) is 48.0 Å². The van der Waals surface area contributed by atoms with Crippen molar-refractivity contribution < 1.29 is 14.0 Å². The molecule has 0 fully saturated rings. The van der Waals surface area contributed by atoms with Crippen molar-refractivity contribution in [3.63, 3.8) is 0 Å². The molecule has 4 rings (SSSR count). The normalized spacial score (nSPS) is 16.2. The highest BCUT2D eigenvalue weighted by Crippen LogP contribution is 2.30. The van der Waals surface area contributed by atoms with Crippen LogP contribution in [0.2, 0.25) is 0 Å². The van der Waals surface area contributed by atoms with Crippen LogP contribution in [0, 0.1) is 11.3 Å². The van der Waals surface area contributed by atoms with E-state index < -0.39 is 11.8 Å². The zero-order valence-corrected chi connectivity index (χ0v) is 16.3. The van der Waals surface area contributed by atoms with E-state index in [1.165, 1.54) is 0 Å². The molecule has 0 saturated carbocycles. The lowest BCUT2D eigenvalue weighted by Gasteiger charge is -2.25. The summed E-state index contributed by atoms with van der Waals surface area (Å²) in [4.78, 5) is 30.6. The number of nitriles is 1. The minimum Gasteiger partial charge on any atom is -0.437 e. The molecule has 144 valence electrons. The molecule has 1 aliphatic rings. The second-order valence-electron chi connectivity index (χ2n) is 6.72. The van der Waals surface area contributed by atoms with E-state index in [9.17, 15) is 14.9 Å². The Bertz CT molecular complexity index is 1250. The molecular weight excluding hydrogens is 368 g/mol. The Hall–Kier alpha value is -3.92. The number of imidazole rings is 1. The maximum atomic E-state index is 12.7. The van der Waals surface area contributed by atoms with Gasteiger partial charge in [0, 0.05) is 30.8 Å². The van der Waals surface area contributed by atoms with Crippen molar-refractivity contribution in [3.05, 3.63) is 58.9 Å². The predicted molar refractivity (Wildman–Crippen MR) is 107 cm³/mol. The number of aryl methyl sites for hydroxylation is 1. The van der Waals surface area contributed by atoms with Crippen LogP contribution in [0.3, 0.4) is 0 Å². The van der Waals surface area contributed by atoms with Crippen LogP contribution >= 0.6 is 0 Å². The molecule has 0 aliphatic carbocycles. The topological polar surface area (TPSA) is 92.1 Å². The maximum Gasteiger partial charge on any atom is 0.271 e. The molecule has 2 aromatic heterocycles. The van der Waals surface area contributed by atoms with Crippen molar-refractivity contribution in [2.75, 3.05) is 6.54 Å². The van der Waals surface area contributed by atoms with Crippen LogP contribution in [0.4, 0.5) is 0 Å². The average molecular weight is 386 g/mol. The first-order valence-electron chi connectivity index (χ1n) is 9.17. The number of hydrogen-bond acceptors (Lipinski definition) is 5. The quantitative estimate of drug-likeness (QED) is 0.508. The van der Waals surface area contributed by atoms with E-state index in [0.717, 1.165) is 21.8 Å². The first-order valence-corrected chi connectivity index (χ1v) is 9.17. The molecule has 3 aromatic rings. The summed E-state index contributed by atoms with van der Waals surface area (Å²) in [5.74, 6) is 0.210. The molecule has 0 saturated heterocycles. The molecule has 29 heavy (non-hydrogen) atoms. The van der Waals surface area contributed by atoms with Crippen molar-refractivity contribution in [3.8, 4) is 17.5 Å². The molecule has 0 radical (unpaired) electrons. The summed E-state index contributed by atoms with van der Waals surface area (Å²) in [5, 5.41) is 9.34. The second kappa shape index (κ2) is 6.91. The fourth-order valence-corrected chi connectivity index (χ4v) is 3.47. The maximum absolute atomic E-state index is 12.7. The number of rotatable bonds is 3. The van der Waals surface area contributed by atoms with E-state index in [1.54, 1.807) is 26.0 Å². The van der Waals surface area contributed by atoms with Gasteiger partial charge in [-0.1, -0.05) is 30.3 Å². The van der Waals surface area contributed by atoms with Gasteiger partial charge in [0.1, 0.15) is 28.7 Å². The molecule has 0 unspecified atom stereocenters. The van der Waals surface area contributed by atoms with E-state index in [4.69, 9.17) is 4.42 Å². The first-order chi connectivity index (χ1) is 14.0. The summed E-state index contributed by atoms with van der Waals surface area (Å²) in [6.45, 7) is 3.48. The Labute approximate surface area is 167 Å². The van der Waals surface area contributed by atoms with Gasteiger partial charge in [-0.15, -0.1) is 0 Å². The highest BCUT2D eigenvalue weighted by Gasteiger charge is 2.34. The summed E-state index contributed by atoms with van der Waals surface area (Å²) in [5.41, 5.74) is 2.80.